The maximum absolute atomic E-state index is 12.7. The molecule has 0 aliphatic carbocycles. The Morgan fingerprint density at radius 2 is 1.87 bits per heavy atom. The van der Waals surface area contributed by atoms with E-state index in [0.717, 1.165) is 5.56 Å². The number of aliphatic hydroxyl groups excluding tert-OH is 2. The quantitative estimate of drug-likeness (QED) is 0.744. The van der Waals surface area contributed by atoms with Crippen LogP contribution in [0.2, 0.25) is 0 Å². The molecular formula is C24H36N2O5. The summed E-state index contributed by atoms with van der Waals surface area (Å²) in [4.78, 5) is 28.8. The van der Waals surface area contributed by atoms with E-state index in [4.69, 9.17) is 4.74 Å². The molecule has 2 aliphatic heterocycles. The van der Waals surface area contributed by atoms with Crippen molar-refractivity contribution >= 4 is 11.8 Å². The fourth-order valence-corrected chi connectivity index (χ4v) is 4.73. The molecule has 2 atom stereocenters. The van der Waals surface area contributed by atoms with Gasteiger partial charge < -0.3 is 24.7 Å². The lowest BCUT2D eigenvalue weighted by molar-refractivity contribution is -0.139. The molecule has 0 aromatic heterocycles. The van der Waals surface area contributed by atoms with Crippen LogP contribution >= 0.6 is 0 Å². The highest BCUT2D eigenvalue weighted by Gasteiger charge is 2.40. The fourth-order valence-electron chi connectivity index (χ4n) is 4.73. The number of amides is 2. The second-order valence-electron chi connectivity index (χ2n) is 9.67. The summed E-state index contributed by atoms with van der Waals surface area (Å²) in [5.74, 6) is 0.909. The number of piperidine rings is 1. The highest BCUT2D eigenvalue weighted by Crippen LogP contribution is 2.38. The van der Waals surface area contributed by atoms with Crippen molar-refractivity contribution in [1.29, 1.82) is 0 Å². The van der Waals surface area contributed by atoms with E-state index in [1.807, 2.05) is 36.9 Å². The van der Waals surface area contributed by atoms with Crippen LogP contribution in [0.4, 0.5) is 0 Å². The number of para-hydroxylation sites is 1. The van der Waals surface area contributed by atoms with Crippen LogP contribution in [-0.4, -0.2) is 77.3 Å². The molecule has 7 nitrogen and oxygen atoms in total. The van der Waals surface area contributed by atoms with Gasteiger partial charge >= 0.3 is 0 Å². The molecule has 172 valence electrons. The van der Waals surface area contributed by atoms with Crippen LogP contribution in [0.15, 0.2) is 24.3 Å². The van der Waals surface area contributed by atoms with Gasteiger partial charge in [-0.2, -0.15) is 0 Å². The molecule has 1 aromatic carbocycles. The SMILES string of the molecule is CC(C)CC(=O)N1CCC2(CC1)C[C@@H](O)[C@@H](O)Cc1ccccc1OCC(=O)N(C)C2. The third kappa shape index (κ3) is 5.98. The van der Waals surface area contributed by atoms with Crippen molar-refractivity contribution in [2.24, 2.45) is 11.3 Å². The number of hydrogen-bond acceptors (Lipinski definition) is 5. The molecule has 31 heavy (non-hydrogen) atoms. The molecule has 1 aromatic rings. The van der Waals surface area contributed by atoms with Gasteiger partial charge in [0.2, 0.25) is 5.91 Å². The molecule has 3 rings (SSSR count). The molecule has 0 bridgehead atoms. The van der Waals surface area contributed by atoms with Crippen molar-refractivity contribution in [2.45, 2.75) is 58.2 Å². The first-order chi connectivity index (χ1) is 14.7. The van der Waals surface area contributed by atoms with E-state index in [9.17, 15) is 19.8 Å². The number of benzene rings is 1. The first-order valence-corrected chi connectivity index (χ1v) is 11.3. The Kier molecular flexibility index (Phi) is 7.59. The Bertz CT molecular complexity index is 773. The lowest BCUT2D eigenvalue weighted by Crippen LogP contribution is -2.51. The average molecular weight is 433 g/mol. The zero-order valence-corrected chi connectivity index (χ0v) is 18.9. The number of carbonyl (C=O) groups is 2. The van der Waals surface area contributed by atoms with Gasteiger partial charge in [-0.15, -0.1) is 0 Å². The van der Waals surface area contributed by atoms with Crippen LogP contribution in [-0.2, 0) is 16.0 Å². The molecule has 1 spiro atoms. The monoisotopic (exact) mass is 432 g/mol. The van der Waals surface area contributed by atoms with Crippen LogP contribution in [0.5, 0.6) is 5.75 Å². The molecule has 7 heteroatoms. The lowest BCUT2D eigenvalue weighted by atomic mass is 9.72. The molecule has 1 saturated heterocycles. The smallest absolute Gasteiger partial charge is 0.260 e. The van der Waals surface area contributed by atoms with E-state index in [-0.39, 0.29) is 30.3 Å². The summed E-state index contributed by atoms with van der Waals surface area (Å²) in [6.07, 6.45) is 0.711. The van der Waals surface area contributed by atoms with Crippen molar-refractivity contribution in [3.05, 3.63) is 29.8 Å². The zero-order chi connectivity index (χ0) is 22.6. The van der Waals surface area contributed by atoms with Crippen LogP contribution < -0.4 is 4.74 Å². The van der Waals surface area contributed by atoms with Crippen molar-refractivity contribution in [1.82, 2.24) is 9.80 Å². The molecule has 2 amide bonds. The summed E-state index contributed by atoms with van der Waals surface area (Å²) >= 11 is 0. The standard InChI is InChI=1S/C24H36N2O5/c1-17(2)12-22(29)26-10-8-24(9-11-26)14-20(28)19(27)13-18-6-4-5-7-21(18)31-15-23(30)25(3)16-24/h4-7,17,19-20,27-28H,8-16H2,1-3H3/t19-,20+/m0/s1. The summed E-state index contributed by atoms with van der Waals surface area (Å²) in [6, 6.07) is 7.30. The number of fused-ring (bicyclic) bond motifs is 1. The average Bonchev–Trinajstić information content (AvgIpc) is 2.72. The van der Waals surface area contributed by atoms with Gasteiger partial charge in [0.15, 0.2) is 6.61 Å². The van der Waals surface area contributed by atoms with Gasteiger partial charge in [0.05, 0.1) is 12.2 Å². The molecule has 2 aliphatic rings. The van der Waals surface area contributed by atoms with E-state index < -0.39 is 12.2 Å². The number of rotatable bonds is 2. The maximum Gasteiger partial charge on any atom is 0.260 e. The normalized spacial score (nSPS) is 24.9. The third-order valence-electron chi connectivity index (χ3n) is 6.60. The predicted molar refractivity (Wildman–Crippen MR) is 118 cm³/mol. The fraction of sp³-hybridized carbons (Fsp3) is 0.667. The van der Waals surface area contributed by atoms with Crippen LogP contribution in [0.25, 0.3) is 0 Å². The molecule has 0 unspecified atom stereocenters. The molecule has 1 fully saturated rings. The topological polar surface area (TPSA) is 90.3 Å². The van der Waals surface area contributed by atoms with Crippen LogP contribution in [0.3, 0.4) is 0 Å². The summed E-state index contributed by atoms with van der Waals surface area (Å²) in [6.45, 7) is 5.68. The molecular weight excluding hydrogens is 396 g/mol. The Morgan fingerprint density at radius 3 is 2.55 bits per heavy atom. The van der Waals surface area contributed by atoms with E-state index in [0.29, 0.717) is 57.0 Å². The Labute approximate surface area is 185 Å². The Morgan fingerprint density at radius 1 is 1.19 bits per heavy atom. The van der Waals surface area contributed by atoms with Gasteiger partial charge in [-0.05, 0) is 42.2 Å². The summed E-state index contributed by atoms with van der Waals surface area (Å²) in [5.41, 5.74) is 0.422. The van der Waals surface area contributed by atoms with E-state index in [1.54, 1.807) is 18.0 Å². The second-order valence-corrected chi connectivity index (χ2v) is 9.67. The molecule has 0 saturated carbocycles. The van der Waals surface area contributed by atoms with Crippen LogP contribution in [0.1, 0.15) is 45.1 Å². The Hall–Kier alpha value is -2.12. The van der Waals surface area contributed by atoms with E-state index >= 15 is 0 Å². The van der Waals surface area contributed by atoms with E-state index in [1.165, 1.54) is 0 Å². The molecule has 0 radical (unpaired) electrons. The summed E-state index contributed by atoms with van der Waals surface area (Å²) < 4.78 is 5.75. The van der Waals surface area contributed by atoms with Crippen molar-refractivity contribution in [3.63, 3.8) is 0 Å². The van der Waals surface area contributed by atoms with Gasteiger partial charge in [-0.25, -0.2) is 0 Å². The molecule has 2 N–H and O–H groups in total. The minimum absolute atomic E-state index is 0.0682. The minimum Gasteiger partial charge on any atom is -0.483 e. The van der Waals surface area contributed by atoms with Gasteiger partial charge in [0.1, 0.15) is 5.75 Å². The highest BCUT2D eigenvalue weighted by atomic mass is 16.5. The largest absolute Gasteiger partial charge is 0.483 e. The van der Waals surface area contributed by atoms with E-state index in [2.05, 4.69) is 0 Å². The van der Waals surface area contributed by atoms with Gasteiger partial charge in [0, 0.05) is 39.5 Å². The number of ether oxygens (including phenoxy) is 1. The predicted octanol–water partition coefficient (Wildman–Crippen LogP) is 1.85. The number of aliphatic hydroxyl groups is 2. The van der Waals surface area contributed by atoms with Crippen molar-refractivity contribution in [2.75, 3.05) is 33.3 Å². The molecule has 2 heterocycles. The number of likely N-dealkylation sites (N-methyl/N-ethyl adjacent to an activating group) is 1. The van der Waals surface area contributed by atoms with Gasteiger partial charge in [-0.3, -0.25) is 9.59 Å². The second kappa shape index (κ2) is 10.0. The minimum atomic E-state index is -0.928. The van der Waals surface area contributed by atoms with Crippen molar-refractivity contribution in [3.8, 4) is 5.75 Å². The Balaban J connectivity index is 1.78. The summed E-state index contributed by atoms with van der Waals surface area (Å²) in [5, 5.41) is 21.6. The van der Waals surface area contributed by atoms with Gasteiger partial charge in [-0.1, -0.05) is 32.0 Å². The number of carbonyl (C=O) groups excluding carboxylic acids is 2. The van der Waals surface area contributed by atoms with Crippen LogP contribution in [0, 0.1) is 11.3 Å². The van der Waals surface area contributed by atoms with Gasteiger partial charge in [0.25, 0.3) is 5.91 Å². The number of hydrogen-bond donors (Lipinski definition) is 2. The summed E-state index contributed by atoms with van der Waals surface area (Å²) in [7, 11) is 1.75. The zero-order valence-electron chi connectivity index (χ0n) is 18.9. The number of likely N-dealkylation sites (tertiary alicyclic amines) is 1. The first-order valence-electron chi connectivity index (χ1n) is 11.3. The number of nitrogens with zero attached hydrogens (tertiary/aromatic N) is 2. The lowest BCUT2D eigenvalue weighted by Gasteiger charge is -2.45. The maximum atomic E-state index is 12.7. The third-order valence-corrected chi connectivity index (χ3v) is 6.60. The van der Waals surface area contributed by atoms with Crippen molar-refractivity contribution < 1.29 is 24.5 Å². The first kappa shape index (κ1) is 23.5. The highest BCUT2D eigenvalue weighted by molar-refractivity contribution is 5.78.